The van der Waals surface area contributed by atoms with Gasteiger partial charge in [0.05, 0.1) is 13.0 Å². The molecule has 4 nitrogen and oxygen atoms in total. The quantitative estimate of drug-likeness (QED) is 0.891. The minimum Gasteiger partial charge on any atom is -0.395 e. The van der Waals surface area contributed by atoms with Crippen LogP contribution in [0.25, 0.3) is 0 Å². The van der Waals surface area contributed by atoms with Crippen molar-refractivity contribution in [3.05, 3.63) is 34.9 Å². The van der Waals surface area contributed by atoms with E-state index in [9.17, 15) is 4.79 Å². The lowest BCUT2D eigenvalue weighted by atomic mass is 10.0. The van der Waals surface area contributed by atoms with Crippen LogP contribution in [0.5, 0.6) is 0 Å². The summed E-state index contributed by atoms with van der Waals surface area (Å²) in [5.41, 5.74) is 3.60. The molecule has 2 rings (SSSR count). The van der Waals surface area contributed by atoms with Crippen molar-refractivity contribution in [2.75, 3.05) is 39.3 Å². The first kappa shape index (κ1) is 15.0. The van der Waals surface area contributed by atoms with Gasteiger partial charge >= 0.3 is 0 Å². The number of hydrogen-bond acceptors (Lipinski definition) is 3. The van der Waals surface area contributed by atoms with Crippen molar-refractivity contribution in [2.45, 2.75) is 20.3 Å². The highest BCUT2D eigenvalue weighted by Gasteiger charge is 2.20. The van der Waals surface area contributed by atoms with E-state index in [1.54, 1.807) is 0 Å². The van der Waals surface area contributed by atoms with Crippen molar-refractivity contribution in [1.29, 1.82) is 0 Å². The van der Waals surface area contributed by atoms with Crippen LogP contribution in [0.4, 0.5) is 0 Å². The summed E-state index contributed by atoms with van der Waals surface area (Å²) in [6.07, 6.45) is 0.487. The molecular formula is C16H24N2O2. The van der Waals surface area contributed by atoms with Crippen LogP contribution in [0.1, 0.15) is 16.7 Å². The van der Waals surface area contributed by atoms with Gasteiger partial charge in [-0.25, -0.2) is 0 Å². The predicted molar refractivity (Wildman–Crippen MR) is 79.7 cm³/mol. The molecule has 0 unspecified atom stereocenters. The summed E-state index contributed by atoms with van der Waals surface area (Å²) in [5.74, 6) is 0.205. The summed E-state index contributed by atoms with van der Waals surface area (Å²) in [4.78, 5) is 16.4. The number of aliphatic hydroxyl groups is 1. The molecule has 1 aliphatic heterocycles. The van der Waals surface area contributed by atoms with E-state index in [1.165, 1.54) is 11.1 Å². The Hall–Kier alpha value is -1.39. The summed E-state index contributed by atoms with van der Waals surface area (Å²) in [5, 5.41) is 8.91. The van der Waals surface area contributed by atoms with Crippen LogP contribution < -0.4 is 0 Å². The molecule has 1 heterocycles. The summed E-state index contributed by atoms with van der Waals surface area (Å²) in [6, 6.07) is 6.23. The number of hydrogen-bond donors (Lipinski definition) is 1. The zero-order chi connectivity index (χ0) is 14.5. The molecule has 0 atom stereocenters. The molecule has 1 saturated heterocycles. The molecule has 1 aliphatic rings. The number of benzene rings is 1. The fraction of sp³-hybridized carbons (Fsp3) is 0.562. The molecule has 0 aliphatic carbocycles. The maximum atomic E-state index is 12.3. The van der Waals surface area contributed by atoms with Gasteiger partial charge in [-0.3, -0.25) is 9.69 Å². The maximum absolute atomic E-state index is 12.3. The van der Waals surface area contributed by atoms with Crippen molar-refractivity contribution < 1.29 is 9.90 Å². The van der Waals surface area contributed by atoms with E-state index < -0.39 is 0 Å². The Morgan fingerprint density at radius 2 is 1.85 bits per heavy atom. The van der Waals surface area contributed by atoms with Gasteiger partial charge in [0.1, 0.15) is 0 Å². The van der Waals surface area contributed by atoms with Crippen molar-refractivity contribution in [2.24, 2.45) is 0 Å². The molecule has 0 bridgehead atoms. The van der Waals surface area contributed by atoms with Gasteiger partial charge in [-0.1, -0.05) is 18.2 Å². The van der Waals surface area contributed by atoms with Gasteiger partial charge < -0.3 is 10.0 Å². The molecule has 1 aromatic rings. The monoisotopic (exact) mass is 276 g/mol. The zero-order valence-corrected chi connectivity index (χ0v) is 12.4. The van der Waals surface area contributed by atoms with Gasteiger partial charge in [-0.2, -0.15) is 0 Å². The van der Waals surface area contributed by atoms with Crippen LogP contribution in [0.2, 0.25) is 0 Å². The highest BCUT2D eigenvalue weighted by Crippen LogP contribution is 2.12. The third-order valence-electron chi connectivity index (χ3n) is 4.07. The van der Waals surface area contributed by atoms with Gasteiger partial charge in [0.2, 0.25) is 5.91 Å². The fourth-order valence-corrected chi connectivity index (χ4v) is 2.56. The van der Waals surface area contributed by atoms with Gasteiger partial charge in [0, 0.05) is 32.7 Å². The molecule has 0 spiro atoms. The first-order chi connectivity index (χ1) is 9.60. The molecule has 4 heteroatoms. The van der Waals surface area contributed by atoms with E-state index in [4.69, 9.17) is 5.11 Å². The molecule has 1 amide bonds. The third kappa shape index (κ3) is 3.81. The average molecular weight is 276 g/mol. The summed E-state index contributed by atoms with van der Waals surface area (Å²) in [6.45, 7) is 8.32. The Kier molecular flexibility index (Phi) is 5.15. The number of nitrogens with zero attached hydrogens (tertiary/aromatic N) is 2. The molecule has 0 aromatic heterocycles. The smallest absolute Gasteiger partial charge is 0.227 e. The number of amides is 1. The molecule has 20 heavy (non-hydrogen) atoms. The van der Waals surface area contributed by atoms with E-state index >= 15 is 0 Å². The number of piperazine rings is 1. The molecule has 1 N–H and O–H groups in total. The van der Waals surface area contributed by atoms with E-state index in [-0.39, 0.29) is 12.5 Å². The lowest BCUT2D eigenvalue weighted by Crippen LogP contribution is -2.49. The highest BCUT2D eigenvalue weighted by atomic mass is 16.3. The molecular weight excluding hydrogens is 252 g/mol. The van der Waals surface area contributed by atoms with Crippen LogP contribution in [0.3, 0.4) is 0 Å². The van der Waals surface area contributed by atoms with Gasteiger partial charge in [0.25, 0.3) is 0 Å². The number of carbonyl (C=O) groups excluding carboxylic acids is 1. The first-order valence-electron chi connectivity index (χ1n) is 7.27. The Morgan fingerprint density at radius 1 is 1.15 bits per heavy atom. The first-order valence-corrected chi connectivity index (χ1v) is 7.27. The fourth-order valence-electron chi connectivity index (χ4n) is 2.56. The maximum Gasteiger partial charge on any atom is 0.227 e. The highest BCUT2D eigenvalue weighted by molar-refractivity contribution is 5.79. The van der Waals surface area contributed by atoms with Crippen LogP contribution >= 0.6 is 0 Å². The van der Waals surface area contributed by atoms with Crippen LogP contribution in [0.15, 0.2) is 18.2 Å². The van der Waals surface area contributed by atoms with Gasteiger partial charge in [-0.05, 0) is 30.5 Å². The molecule has 0 saturated carbocycles. The SMILES string of the molecule is Cc1ccc(CC(=O)N2CCN(CCO)CC2)cc1C. The lowest BCUT2D eigenvalue weighted by molar-refractivity contribution is -0.132. The second-order valence-electron chi connectivity index (χ2n) is 5.54. The Bertz CT molecular complexity index is 466. The standard InChI is InChI=1S/C16H24N2O2/c1-13-3-4-15(11-14(13)2)12-16(20)18-7-5-17(6-8-18)9-10-19/h3-4,11,19H,5-10,12H2,1-2H3. The molecule has 1 aromatic carbocycles. The Morgan fingerprint density at radius 3 is 2.45 bits per heavy atom. The normalized spacial score (nSPS) is 16.4. The second kappa shape index (κ2) is 6.86. The van der Waals surface area contributed by atoms with E-state index in [1.807, 2.05) is 11.0 Å². The van der Waals surface area contributed by atoms with E-state index in [0.717, 1.165) is 31.7 Å². The number of aliphatic hydroxyl groups excluding tert-OH is 1. The zero-order valence-electron chi connectivity index (χ0n) is 12.4. The predicted octanol–water partition coefficient (Wildman–Crippen LogP) is 0.982. The summed E-state index contributed by atoms with van der Waals surface area (Å²) in [7, 11) is 0. The lowest BCUT2D eigenvalue weighted by Gasteiger charge is -2.34. The molecule has 0 radical (unpaired) electrons. The van der Waals surface area contributed by atoms with Gasteiger partial charge in [0.15, 0.2) is 0 Å². The largest absolute Gasteiger partial charge is 0.395 e. The van der Waals surface area contributed by atoms with Crippen LogP contribution in [0, 0.1) is 13.8 Å². The number of aryl methyl sites for hydroxylation is 2. The average Bonchev–Trinajstić information content (AvgIpc) is 2.44. The minimum absolute atomic E-state index is 0.191. The number of β-amino-alcohol motifs (C(OH)–C–C–N with tert-alkyl or cyclic N) is 1. The van der Waals surface area contributed by atoms with Gasteiger partial charge in [-0.15, -0.1) is 0 Å². The van der Waals surface area contributed by atoms with Crippen LogP contribution in [-0.4, -0.2) is 60.1 Å². The minimum atomic E-state index is 0.191. The van der Waals surface area contributed by atoms with E-state index in [0.29, 0.717) is 13.0 Å². The second-order valence-corrected chi connectivity index (χ2v) is 5.54. The topological polar surface area (TPSA) is 43.8 Å². The van der Waals surface area contributed by atoms with Crippen molar-refractivity contribution in [3.63, 3.8) is 0 Å². The Balaban J connectivity index is 1.88. The number of carbonyl (C=O) groups is 1. The van der Waals surface area contributed by atoms with Crippen LogP contribution in [-0.2, 0) is 11.2 Å². The Labute approximate surface area is 121 Å². The van der Waals surface area contributed by atoms with Crippen molar-refractivity contribution >= 4 is 5.91 Å². The molecule has 110 valence electrons. The third-order valence-corrected chi connectivity index (χ3v) is 4.07. The number of rotatable bonds is 4. The summed E-state index contributed by atoms with van der Waals surface area (Å²) >= 11 is 0. The van der Waals surface area contributed by atoms with Crippen molar-refractivity contribution in [3.8, 4) is 0 Å². The molecule has 1 fully saturated rings. The van der Waals surface area contributed by atoms with E-state index in [2.05, 4.69) is 30.9 Å². The van der Waals surface area contributed by atoms with Crippen molar-refractivity contribution in [1.82, 2.24) is 9.80 Å². The summed E-state index contributed by atoms with van der Waals surface area (Å²) < 4.78 is 0.